The summed E-state index contributed by atoms with van der Waals surface area (Å²) in [6.07, 6.45) is 7.58. The van der Waals surface area contributed by atoms with Crippen LogP contribution in [0.3, 0.4) is 0 Å². The van der Waals surface area contributed by atoms with Crippen molar-refractivity contribution in [3.05, 3.63) is 248 Å². The van der Waals surface area contributed by atoms with E-state index in [-0.39, 0.29) is 69.7 Å². The van der Waals surface area contributed by atoms with Gasteiger partial charge in [0.15, 0.2) is 0 Å². The summed E-state index contributed by atoms with van der Waals surface area (Å²) < 4.78 is 22.1. The second-order valence-corrected chi connectivity index (χ2v) is 45.6. The molecule has 2 aliphatic rings. The zero-order chi connectivity index (χ0) is 97.1. The van der Waals surface area contributed by atoms with E-state index in [2.05, 4.69) is 344 Å². The van der Waals surface area contributed by atoms with Crippen molar-refractivity contribution < 1.29 is 38.1 Å². The molecule has 8 aromatic carbocycles. The molecule has 16 nitrogen and oxygen atoms in total. The van der Waals surface area contributed by atoms with Crippen molar-refractivity contribution in [3.63, 3.8) is 0 Å². The fraction of sp³-hybridized carbons (Fsp3) is 0.333. The highest BCUT2D eigenvalue weighted by Crippen LogP contribution is 2.52. The Hall–Kier alpha value is -13.6. The van der Waals surface area contributed by atoms with Gasteiger partial charge in [-0.1, -0.05) is 275 Å². The maximum atomic E-state index is 13.4. The Labute approximate surface area is 797 Å². The van der Waals surface area contributed by atoms with Crippen molar-refractivity contribution in [2.24, 2.45) is 0 Å². The zero-order valence-corrected chi connectivity index (χ0v) is 83.8. The molecule has 0 spiro atoms. The van der Waals surface area contributed by atoms with Crippen LogP contribution in [0.4, 0.5) is 0 Å². The molecule has 4 N–H and O–H groups in total. The van der Waals surface area contributed by atoms with Crippen molar-refractivity contribution in [2.45, 2.75) is 249 Å². The molecule has 18 rings (SSSR count). The smallest absolute Gasteiger partial charge is 0.317 e. The molecule has 10 heterocycles. The first kappa shape index (κ1) is 92.8. The van der Waals surface area contributed by atoms with Crippen LogP contribution in [-0.2, 0) is 94.7 Å². The fourth-order valence-corrected chi connectivity index (χ4v) is 19.2. The largest absolute Gasteiger partial charge is 0.466 e. The summed E-state index contributed by atoms with van der Waals surface area (Å²) in [4.78, 5) is 93.9. The van der Waals surface area contributed by atoms with Crippen LogP contribution in [0.2, 0.25) is 0 Å². The van der Waals surface area contributed by atoms with E-state index in [1.54, 1.807) is 13.8 Å². The first-order valence-corrected chi connectivity index (χ1v) is 47.9. The van der Waals surface area contributed by atoms with Crippen LogP contribution >= 0.6 is 0 Å². The van der Waals surface area contributed by atoms with Crippen molar-refractivity contribution in [3.8, 4) is 66.8 Å². The van der Waals surface area contributed by atoms with Gasteiger partial charge in [0.25, 0.3) is 0 Å². The molecule has 16 aromatic rings. The Morgan fingerprint density at radius 3 is 0.809 bits per heavy atom. The van der Waals surface area contributed by atoms with Crippen molar-refractivity contribution >= 4 is 147 Å². The summed E-state index contributed by atoms with van der Waals surface area (Å²) in [5, 5.41) is 5.47. The fourth-order valence-electron chi connectivity index (χ4n) is 19.2. The quantitative estimate of drug-likeness (QED) is 0.0403. The predicted molar refractivity (Wildman–Crippen MR) is 561 cm³/mol. The van der Waals surface area contributed by atoms with Gasteiger partial charge < -0.3 is 38.9 Å². The number of hydrogen-bond donors (Lipinski definition) is 4. The number of H-pyrrole nitrogens is 4. The van der Waals surface area contributed by atoms with Gasteiger partial charge in [-0.2, -0.15) is 0 Å². The van der Waals surface area contributed by atoms with Crippen LogP contribution in [0.1, 0.15) is 271 Å². The van der Waals surface area contributed by atoms with E-state index in [4.69, 9.17) is 38.9 Å². The molecule has 8 aromatic heterocycles. The number of carbonyl (C=O) groups is 4. The molecule has 0 fully saturated rings. The first-order chi connectivity index (χ1) is 63.9. The van der Waals surface area contributed by atoms with Gasteiger partial charge in [-0.25, -0.2) is 19.9 Å². The number of benzene rings is 8. The summed E-state index contributed by atoms with van der Waals surface area (Å²) in [6, 6.07) is 62.6. The Morgan fingerprint density at radius 1 is 0.265 bits per heavy atom. The minimum Gasteiger partial charge on any atom is -0.466 e. The minimum atomic E-state index is -0.681. The van der Waals surface area contributed by atoms with E-state index in [1.807, 2.05) is 36.4 Å². The SMILES string of the molecule is CCOC(=O)CC(=O)OCc1cccc(-c2c3nc(c(-c4cc(C(C)(C)C)cc(C(C)(C)C)c4)c4cc5c6cc7nc6c6c8[nH]c(cc8c8cc(nc8c6c5[nH]4)c(-c4cc(C(C)(C)C)cc(C(C)(C)C)c4)c4ccc2[nH]4)c(-c2cc(C(C)(C)C)cc(C(C)(C)C)c2)c2nc(c(-c4cccc(COC(=O)CC(=O)OCC)c4)c4ccc([nH]4)c7-c4cc(C(C)(C)C)cc(C(C)(C)C)c4)C=C2)C=C3)c1. The second kappa shape index (κ2) is 33.7. The number of fused-ring (bicyclic) bond motifs is 14. The molecular weight excluding hydrogens is 1680 g/mol. The highest BCUT2D eigenvalue weighted by Gasteiger charge is 2.34. The van der Waals surface area contributed by atoms with Crippen LogP contribution in [-0.4, -0.2) is 77.0 Å². The third-order valence-corrected chi connectivity index (χ3v) is 27.0. The lowest BCUT2D eigenvalue weighted by Crippen LogP contribution is -2.16. The Kier molecular flexibility index (Phi) is 23.0. The average Bonchev–Trinajstić information content (AvgIpc) is 1.52. The van der Waals surface area contributed by atoms with Crippen LogP contribution < -0.4 is 0 Å². The summed E-state index contributed by atoms with van der Waals surface area (Å²) in [5.41, 5.74) is 31.7. The van der Waals surface area contributed by atoms with Gasteiger partial charge >= 0.3 is 23.9 Å². The van der Waals surface area contributed by atoms with Crippen LogP contribution in [0, 0.1) is 0 Å². The number of nitrogens with zero attached hydrogens (tertiary/aromatic N) is 4. The van der Waals surface area contributed by atoms with Gasteiger partial charge in [0.1, 0.15) is 26.1 Å². The molecule has 0 unspecified atom stereocenters. The second-order valence-electron chi connectivity index (χ2n) is 45.6. The normalized spacial score (nSPS) is 13.2. The molecule has 0 saturated heterocycles. The molecule has 0 radical (unpaired) electrons. The highest BCUT2D eigenvalue weighted by atomic mass is 16.6. The average molecular weight is 1810 g/mol. The van der Waals surface area contributed by atoms with E-state index in [0.29, 0.717) is 22.5 Å². The number of esters is 4. The van der Waals surface area contributed by atoms with Crippen LogP contribution in [0.25, 0.3) is 190 Å². The predicted octanol–water partition coefficient (Wildman–Crippen LogP) is 30.0. The highest BCUT2D eigenvalue weighted by molar-refractivity contribution is 6.40. The molecule has 694 valence electrons. The first-order valence-electron chi connectivity index (χ1n) is 47.9. The summed E-state index contributed by atoms with van der Waals surface area (Å²) in [6.45, 7) is 58.4. The Bertz CT molecular complexity index is 7320. The molecule has 16 bridgehead atoms. The van der Waals surface area contributed by atoms with Crippen LogP contribution in [0.5, 0.6) is 0 Å². The molecule has 0 atom stereocenters. The van der Waals surface area contributed by atoms with Gasteiger partial charge in [-0.3, -0.25) is 19.2 Å². The number of ether oxygens (including phenoxy) is 4. The third-order valence-electron chi connectivity index (χ3n) is 27.0. The number of rotatable bonds is 16. The topological polar surface area (TPSA) is 220 Å². The van der Waals surface area contributed by atoms with E-state index in [0.717, 1.165) is 177 Å². The summed E-state index contributed by atoms with van der Waals surface area (Å²) >= 11 is 0. The third kappa shape index (κ3) is 17.8. The molecular formula is C120H126N8O8. The standard InChI is InChI=1S/C120H126N8O8/c1-27-133-97(129)61-99(131)135-63-65-31-29-33-67(43-65)101-85-35-39-89(121-85)103(69-45-73(113(3,4)5)53-74(46-69)114(6,7)8)93-57-81-83-59-95-105(71-49-77(117(15,16)17)55-78(50-71)118(18,19)20)91-41-37-87(123-91)102(68-34-30-32-66(44-68)64-136-100(132)62-98(130)134-28-2)88-38-42-92(124-88)106(72-51-79(119(21,22)23)56-80(52-72)120(24,25)26)96-60-84-82-58-94(126-110(82)107(109(81)125-93)108(111(83)127-95)112(84)128-96)104(90-40-36-86(101)122-90)70-47-75(115(9,10)11)54-76(48-70)116(12,13)14/h29-60,121,124,126-127H,27-28,61-64H2,1-26H3. The molecule has 0 aliphatic carbocycles. The molecule has 0 amide bonds. The summed E-state index contributed by atoms with van der Waals surface area (Å²) in [5.74, 6) is -2.65. The summed E-state index contributed by atoms with van der Waals surface area (Å²) in [7, 11) is 0. The van der Waals surface area contributed by atoms with E-state index in [1.165, 1.54) is 44.5 Å². The number of aromatic amines is 4. The maximum Gasteiger partial charge on any atom is 0.317 e. The number of hydrogen-bond acceptors (Lipinski definition) is 12. The van der Waals surface area contributed by atoms with Gasteiger partial charge in [0, 0.05) is 98.8 Å². The monoisotopic (exact) mass is 1810 g/mol. The number of carbonyl (C=O) groups excluding carboxylic acids is 4. The Balaban J connectivity index is 1.09. The van der Waals surface area contributed by atoms with Gasteiger partial charge in [0.05, 0.1) is 69.1 Å². The van der Waals surface area contributed by atoms with Crippen molar-refractivity contribution in [2.75, 3.05) is 13.2 Å². The molecule has 136 heavy (non-hydrogen) atoms. The van der Waals surface area contributed by atoms with E-state index >= 15 is 0 Å². The Morgan fingerprint density at radius 2 is 0.529 bits per heavy atom. The molecule has 0 saturated carbocycles. The number of nitrogens with one attached hydrogen (secondary N) is 4. The number of aromatic nitrogens is 8. The van der Waals surface area contributed by atoms with Gasteiger partial charge in [0.2, 0.25) is 0 Å². The minimum absolute atomic E-state index is 0.0924. The zero-order valence-electron chi connectivity index (χ0n) is 83.8. The maximum absolute atomic E-state index is 13.4. The lowest BCUT2D eigenvalue weighted by Gasteiger charge is -2.26. The molecule has 2 aliphatic heterocycles. The van der Waals surface area contributed by atoms with Crippen molar-refractivity contribution in [1.29, 1.82) is 0 Å². The van der Waals surface area contributed by atoms with E-state index in [9.17, 15) is 19.2 Å². The molecule has 16 heteroatoms. The van der Waals surface area contributed by atoms with E-state index < -0.39 is 36.7 Å². The van der Waals surface area contributed by atoms with Gasteiger partial charge in [-0.15, -0.1) is 0 Å². The van der Waals surface area contributed by atoms with Crippen molar-refractivity contribution in [1.82, 2.24) is 39.9 Å². The van der Waals surface area contributed by atoms with Crippen LogP contribution in [0.15, 0.2) is 170 Å². The van der Waals surface area contributed by atoms with Gasteiger partial charge in [-0.05, 0) is 231 Å². The lowest BCUT2D eigenvalue weighted by molar-refractivity contribution is -0.156. The lowest BCUT2D eigenvalue weighted by atomic mass is 9.78.